The first kappa shape index (κ1) is 13.7. The number of carbonyl (C=O) groups excluding carboxylic acids is 1. The van der Waals surface area contributed by atoms with Crippen LogP contribution in [0.4, 0.5) is 0 Å². The van der Waals surface area contributed by atoms with Crippen LogP contribution in [0.3, 0.4) is 0 Å². The van der Waals surface area contributed by atoms with Gasteiger partial charge in [-0.05, 0) is 30.5 Å². The number of nitrogens with zero attached hydrogens (tertiary/aromatic N) is 1. The summed E-state index contributed by atoms with van der Waals surface area (Å²) in [5, 5.41) is 9.82. The van der Waals surface area contributed by atoms with Gasteiger partial charge in [-0.1, -0.05) is 6.92 Å². The van der Waals surface area contributed by atoms with Gasteiger partial charge >= 0.3 is 0 Å². The van der Waals surface area contributed by atoms with Crippen molar-refractivity contribution in [1.29, 1.82) is 0 Å². The zero-order valence-corrected chi connectivity index (χ0v) is 11.3. The van der Waals surface area contributed by atoms with Crippen LogP contribution in [0.1, 0.15) is 23.7 Å². The molecule has 19 heavy (non-hydrogen) atoms. The van der Waals surface area contributed by atoms with Crippen LogP contribution in [0.15, 0.2) is 18.2 Å². The number of methoxy groups -OCH3 is 1. The fraction of sp³-hybridized carbons (Fsp3) is 0.500. The molecule has 104 valence electrons. The minimum absolute atomic E-state index is 0.0201. The molecular formula is C14H20N2O3. The zero-order valence-electron chi connectivity index (χ0n) is 11.3. The largest absolute Gasteiger partial charge is 0.507 e. The van der Waals surface area contributed by atoms with Gasteiger partial charge in [0, 0.05) is 19.1 Å². The van der Waals surface area contributed by atoms with Crippen LogP contribution in [0.25, 0.3) is 0 Å². The molecular weight excluding hydrogens is 244 g/mol. The van der Waals surface area contributed by atoms with E-state index in [-0.39, 0.29) is 29.2 Å². The van der Waals surface area contributed by atoms with Crippen LogP contribution < -0.4 is 10.5 Å². The van der Waals surface area contributed by atoms with E-state index >= 15 is 0 Å². The van der Waals surface area contributed by atoms with Crippen molar-refractivity contribution in [2.24, 2.45) is 11.7 Å². The van der Waals surface area contributed by atoms with E-state index in [1.807, 2.05) is 6.92 Å². The van der Waals surface area contributed by atoms with Crippen LogP contribution in [-0.2, 0) is 0 Å². The number of carbonyl (C=O) groups is 1. The topological polar surface area (TPSA) is 75.8 Å². The van der Waals surface area contributed by atoms with Crippen LogP contribution >= 0.6 is 0 Å². The first-order chi connectivity index (χ1) is 9.02. The number of nitrogens with two attached hydrogens (primary N) is 1. The molecule has 5 heteroatoms. The number of hydrogen-bond donors (Lipinski definition) is 2. The quantitative estimate of drug-likeness (QED) is 0.842. The summed E-state index contributed by atoms with van der Waals surface area (Å²) in [5.74, 6) is 0.636. The number of benzene rings is 1. The zero-order chi connectivity index (χ0) is 14.0. The molecule has 1 aromatic carbocycles. The van der Waals surface area contributed by atoms with Crippen molar-refractivity contribution >= 4 is 5.91 Å². The average Bonchev–Trinajstić information content (AvgIpc) is 2.41. The summed E-state index contributed by atoms with van der Waals surface area (Å²) >= 11 is 0. The van der Waals surface area contributed by atoms with Crippen molar-refractivity contribution in [3.8, 4) is 11.5 Å². The summed E-state index contributed by atoms with van der Waals surface area (Å²) in [5.41, 5.74) is 6.23. The third-order valence-electron chi connectivity index (χ3n) is 3.69. The summed E-state index contributed by atoms with van der Waals surface area (Å²) in [7, 11) is 1.53. The second-order valence-corrected chi connectivity index (χ2v) is 5.06. The van der Waals surface area contributed by atoms with E-state index in [0.29, 0.717) is 18.8 Å². The van der Waals surface area contributed by atoms with E-state index in [9.17, 15) is 9.90 Å². The molecule has 3 N–H and O–H groups in total. The fourth-order valence-corrected chi connectivity index (χ4v) is 2.33. The van der Waals surface area contributed by atoms with E-state index in [1.165, 1.54) is 13.2 Å². The van der Waals surface area contributed by atoms with Crippen LogP contribution in [0.2, 0.25) is 0 Å². The maximum absolute atomic E-state index is 12.4. The molecule has 5 nitrogen and oxygen atoms in total. The Kier molecular flexibility index (Phi) is 3.95. The number of hydrogen-bond acceptors (Lipinski definition) is 4. The molecule has 1 aromatic rings. The standard InChI is InChI=1S/C14H20N2O3/c1-9-8-16(6-5-12(9)15)14(18)11-7-10(19-2)3-4-13(11)17/h3-4,7,9,12,17H,5-6,8,15H2,1-2H3. The summed E-state index contributed by atoms with van der Waals surface area (Å²) < 4.78 is 5.08. The molecule has 0 aliphatic carbocycles. The predicted molar refractivity (Wildman–Crippen MR) is 72.3 cm³/mol. The monoisotopic (exact) mass is 264 g/mol. The van der Waals surface area contributed by atoms with Crippen LogP contribution in [-0.4, -0.2) is 42.2 Å². The van der Waals surface area contributed by atoms with Crippen LogP contribution in [0.5, 0.6) is 11.5 Å². The number of piperidine rings is 1. The van der Waals surface area contributed by atoms with Gasteiger partial charge in [0.15, 0.2) is 0 Å². The molecule has 1 amide bonds. The van der Waals surface area contributed by atoms with Crippen molar-refractivity contribution < 1.29 is 14.6 Å². The molecule has 1 aliphatic heterocycles. The van der Waals surface area contributed by atoms with Gasteiger partial charge in [0.2, 0.25) is 0 Å². The number of aromatic hydroxyl groups is 1. The molecule has 0 spiro atoms. The highest BCUT2D eigenvalue weighted by atomic mass is 16.5. The van der Waals surface area contributed by atoms with Gasteiger partial charge in [-0.15, -0.1) is 0 Å². The molecule has 2 atom stereocenters. The molecule has 1 heterocycles. The second kappa shape index (κ2) is 5.48. The van der Waals surface area contributed by atoms with Crippen molar-refractivity contribution in [2.75, 3.05) is 20.2 Å². The van der Waals surface area contributed by atoms with Gasteiger partial charge < -0.3 is 20.5 Å². The Morgan fingerprint density at radius 1 is 1.53 bits per heavy atom. The Hall–Kier alpha value is -1.75. The van der Waals surface area contributed by atoms with E-state index in [4.69, 9.17) is 10.5 Å². The Balaban J connectivity index is 2.20. The van der Waals surface area contributed by atoms with E-state index in [0.717, 1.165) is 6.42 Å². The van der Waals surface area contributed by atoms with E-state index in [1.54, 1.807) is 17.0 Å². The number of rotatable bonds is 2. The molecule has 1 saturated heterocycles. The van der Waals surface area contributed by atoms with Crippen LogP contribution in [0, 0.1) is 5.92 Å². The number of ether oxygens (including phenoxy) is 1. The number of phenols is 1. The molecule has 1 aliphatic rings. The van der Waals surface area contributed by atoms with Gasteiger partial charge in [0.05, 0.1) is 12.7 Å². The maximum atomic E-state index is 12.4. The summed E-state index contributed by atoms with van der Waals surface area (Å²) in [6.45, 7) is 3.28. The van der Waals surface area contributed by atoms with Crippen molar-refractivity contribution in [3.63, 3.8) is 0 Å². The molecule has 2 unspecified atom stereocenters. The number of amides is 1. The SMILES string of the molecule is COc1ccc(O)c(C(=O)N2CCC(N)C(C)C2)c1. The molecule has 2 rings (SSSR count). The van der Waals surface area contributed by atoms with Gasteiger partial charge in [-0.2, -0.15) is 0 Å². The van der Waals surface area contributed by atoms with Gasteiger partial charge in [-0.25, -0.2) is 0 Å². The van der Waals surface area contributed by atoms with Gasteiger partial charge in [0.1, 0.15) is 11.5 Å². The lowest BCUT2D eigenvalue weighted by atomic mass is 9.94. The molecule has 0 saturated carbocycles. The Morgan fingerprint density at radius 3 is 2.89 bits per heavy atom. The number of likely N-dealkylation sites (tertiary alicyclic amines) is 1. The third kappa shape index (κ3) is 2.81. The van der Waals surface area contributed by atoms with E-state index < -0.39 is 0 Å². The first-order valence-corrected chi connectivity index (χ1v) is 6.44. The molecule has 0 radical (unpaired) electrons. The Morgan fingerprint density at radius 2 is 2.26 bits per heavy atom. The van der Waals surface area contributed by atoms with Crippen molar-refractivity contribution in [2.45, 2.75) is 19.4 Å². The summed E-state index contributed by atoms with van der Waals surface area (Å²) in [6.07, 6.45) is 0.789. The third-order valence-corrected chi connectivity index (χ3v) is 3.69. The lowest BCUT2D eigenvalue weighted by Crippen LogP contribution is -2.48. The summed E-state index contributed by atoms with van der Waals surface area (Å²) in [6, 6.07) is 4.81. The highest BCUT2D eigenvalue weighted by Gasteiger charge is 2.28. The maximum Gasteiger partial charge on any atom is 0.257 e. The smallest absolute Gasteiger partial charge is 0.257 e. The van der Waals surface area contributed by atoms with E-state index in [2.05, 4.69) is 0 Å². The fourth-order valence-electron chi connectivity index (χ4n) is 2.33. The number of phenolic OH excluding ortho intramolecular Hbond substituents is 1. The normalized spacial score (nSPS) is 23.2. The Labute approximate surface area is 113 Å². The highest BCUT2D eigenvalue weighted by molar-refractivity contribution is 5.97. The lowest BCUT2D eigenvalue weighted by Gasteiger charge is -2.35. The first-order valence-electron chi connectivity index (χ1n) is 6.44. The van der Waals surface area contributed by atoms with Gasteiger partial charge in [-0.3, -0.25) is 4.79 Å². The molecule has 1 fully saturated rings. The second-order valence-electron chi connectivity index (χ2n) is 5.06. The Bertz CT molecular complexity index is 476. The van der Waals surface area contributed by atoms with Gasteiger partial charge in [0.25, 0.3) is 5.91 Å². The predicted octanol–water partition coefficient (Wildman–Crippen LogP) is 1.21. The lowest BCUT2D eigenvalue weighted by molar-refractivity contribution is 0.0661. The van der Waals surface area contributed by atoms with Crippen molar-refractivity contribution in [3.05, 3.63) is 23.8 Å². The highest BCUT2D eigenvalue weighted by Crippen LogP contribution is 2.26. The minimum Gasteiger partial charge on any atom is -0.507 e. The average molecular weight is 264 g/mol. The summed E-state index contributed by atoms with van der Waals surface area (Å²) in [4.78, 5) is 14.1. The minimum atomic E-state index is -0.171. The molecule has 0 bridgehead atoms. The van der Waals surface area contributed by atoms with Crippen molar-refractivity contribution in [1.82, 2.24) is 4.90 Å². The molecule has 0 aromatic heterocycles.